The van der Waals surface area contributed by atoms with Gasteiger partial charge in [-0.15, -0.1) is 0 Å². The standard InChI is InChI=1S/C11H18N4O3/c1-4-7-9(6-15(3)14-7)13-11(18)12-8(5-2)10(16)17/h6,8H,4-5H2,1-3H3,(H,16,17)(H2,12,13,18)/t8-/m0/s1. The molecule has 7 nitrogen and oxygen atoms in total. The van der Waals surface area contributed by atoms with Gasteiger partial charge in [-0.2, -0.15) is 5.10 Å². The SMILES string of the molecule is CCc1nn(C)cc1NC(=O)N[C@@H](CC)C(=O)O. The Balaban J connectivity index is 2.66. The van der Waals surface area contributed by atoms with E-state index in [2.05, 4.69) is 15.7 Å². The molecule has 1 aromatic heterocycles. The minimum Gasteiger partial charge on any atom is -0.480 e. The number of carbonyl (C=O) groups is 2. The van der Waals surface area contributed by atoms with Crippen molar-refractivity contribution in [3.8, 4) is 0 Å². The molecule has 0 aliphatic carbocycles. The molecule has 0 spiro atoms. The molecule has 0 bridgehead atoms. The van der Waals surface area contributed by atoms with Gasteiger partial charge in [-0.3, -0.25) is 4.68 Å². The highest BCUT2D eigenvalue weighted by molar-refractivity contribution is 5.92. The summed E-state index contributed by atoms with van der Waals surface area (Å²) in [5.41, 5.74) is 1.36. The van der Waals surface area contributed by atoms with Crippen LogP contribution in [0.3, 0.4) is 0 Å². The number of aryl methyl sites for hydroxylation is 2. The third-order valence-corrected chi connectivity index (χ3v) is 2.50. The molecule has 7 heteroatoms. The normalized spacial score (nSPS) is 11.9. The summed E-state index contributed by atoms with van der Waals surface area (Å²) in [6, 6.07) is -1.42. The molecule has 0 fully saturated rings. The Labute approximate surface area is 105 Å². The molecule has 2 amide bonds. The molecule has 18 heavy (non-hydrogen) atoms. The molecule has 1 rings (SSSR count). The lowest BCUT2D eigenvalue weighted by Crippen LogP contribution is -2.42. The van der Waals surface area contributed by atoms with Crippen LogP contribution in [0.4, 0.5) is 10.5 Å². The zero-order valence-corrected chi connectivity index (χ0v) is 10.7. The third-order valence-electron chi connectivity index (χ3n) is 2.50. The average molecular weight is 254 g/mol. The van der Waals surface area contributed by atoms with Crippen LogP contribution in [-0.4, -0.2) is 32.9 Å². The maximum Gasteiger partial charge on any atom is 0.326 e. The van der Waals surface area contributed by atoms with E-state index in [4.69, 9.17) is 5.11 Å². The van der Waals surface area contributed by atoms with Gasteiger partial charge < -0.3 is 15.7 Å². The highest BCUT2D eigenvalue weighted by Crippen LogP contribution is 2.13. The average Bonchev–Trinajstić information content (AvgIpc) is 2.65. The second-order valence-electron chi connectivity index (χ2n) is 3.91. The lowest BCUT2D eigenvalue weighted by atomic mass is 10.2. The molecular formula is C11H18N4O3. The Morgan fingerprint density at radius 2 is 2.17 bits per heavy atom. The van der Waals surface area contributed by atoms with E-state index in [1.54, 1.807) is 24.9 Å². The highest BCUT2D eigenvalue weighted by Gasteiger charge is 2.18. The van der Waals surface area contributed by atoms with Crippen LogP contribution < -0.4 is 10.6 Å². The largest absolute Gasteiger partial charge is 0.480 e. The number of nitrogens with zero attached hydrogens (tertiary/aromatic N) is 2. The van der Waals surface area contributed by atoms with Crippen LogP contribution in [0.25, 0.3) is 0 Å². The van der Waals surface area contributed by atoms with Crippen LogP contribution in [0.2, 0.25) is 0 Å². The molecule has 1 aromatic rings. The number of carboxylic acid groups (broad SMARTS) is 1. The summed E-state index contributed by atoms with van der Waals surface area (Å²) in [5.74, 6) is -1.05. The number of carbonyl (C=O) groups excluding carboxylic acids is 1. The fourth-order valence-electron chi connectivity index (χ4n) is 1.56. The summed E-state index contributed by atoms with van der Waals surface area (Å²) in [7, 11) is 1.76. The Kier molecular flexibility index (Phi) is 4.70. The van der Waals surface area contributed by atoms with Gasteiger partial charge in [0.2, 0.25) is 0 Å². The molecule has 100 valence electrons. The number of hydrogen-bond donors (Lipinski definition) is 3. The smallest absolute Gasteiger partial charge is 0.326 e. The van der Waals surface area contributed by atoms with E-state index in [1.165, 1.54) is 0 Å². The quantitative estimate of drug-likeness (QED) is 0.729. The monoisotopic (exact) mass is 254 g/mol. The molecule has 0 saturated carbocycles. The molecule has 0 radical (unpaired) electrons. The first-order valence-corrected chi connectivity index (χ1v) is 5.80. The fraction of sp³-hybridized carbons (Fsp3) is 0.545. The maximum atomic E-state index is 11.6. The van der Waals surface area contributed by atoms with Gasteiger partial charge in [-0.1, -0.05) is 13.8 Å². The van der Waals surface area contributed by atoms with Crippen LogP contribution >= 0.6 is 0 Å². The number of aromatic nitrogens is 2. The van der Waals surface area contributed by atoms with Gasteiger partial charge in [0, 0.05) is 13.2 Å². The lowest BCUT2D eigenvalue weighted by molar-refractivity contribution is -0.139. The van der Waals surface area contributed by atoms with Crippen molar-refractivity contribution in [3.63, 3.8) is 0 Å². The van der Waals surface area contributed by atoms with E-state index in [0.29, 0.717) is 18.5 Å². The fourth-order valence-corrected chi connectivity index (χ4v) is 1.56. The van der Waals surface area contributed by atoms with E-state index in [0.717, 1.165) is 5.69 Å². The zero-order chi connectivity index (χ0) is 13.7. The maximum absolute atomic E-state index is 11.6. The second kappa shape index (κ2) is 6.04. The first-order chi connectivity index (χ1) is 8.47. The number of aliphatic carboxylic acids is 1. The van der Waals surface area contributed by atoms with E-state index in [1.807, 2.05) is 6.92 Å². The van der Waals surface area contributed by atoms with Crippen molar-refractivity contribution >= 4 is 17.7 Å². The van der Waals surface area contributed by atoms with Gasteiger partial charge in [0.1, 0.15) is 6.04 Å². The van der Waals surface area contributed by atoms with Crippen molar-refractivity contribution in [2.45, 2.75) is 32.7 Å². The molecule has 3 N–H and O–H groups in total. The van der Waals surface area contributed by atoms with Gasteiger partial charge in [-0.25, -0.2) is 9.59 Å². The Hall–Kier alpha value is -2.05. The molecule has 0 unspecified atom stereocenters. The Morgan fingerprint density at radius 1 is 1.50 bits per heavy atom. The van der Waals surface area contributed by atoms with Gasteiger partial charge >= 0.3 is 12.0 Å². The Bertz CT molecular complexity index is 441. The van der Waals surface area contributed by atoms with Gasteiger partial charge in [-0.05, 0) is 12.8 Å². The van der Waals surface area contributed by atoms with Gasteiger partial charge in [0.05, 0.1) is 11.4 Å². The third kappa shape index (κ3) is 3.47. The van der Waals surface area contributed by atoms with E-state index in [9.17, 15) is 9.59 Å². The van der Waals surface area contributed by atoms with E-state index in [-0.39, 0.29) is 0 Å². The summed E-state index contributed by atoms with van der Waals surface area (Å²) in [5, 5.41) is 18.0. The zero-order valence-electron chi connectivity index (χ0n) is 10.7. The van der Waals surface area contributed by atoms with Crippen molar-refractivity contribution in [2.75, 3.05) is 5.32 Å². The molecule has 1 heterocycles. The van der Waals surface area contributed by atoms with Crippen LogP contribution in [-0.2, 0) is 18.3 Å². The summed E-state index contributed by atoms with van der Waals surface area (Å²) in [4.78, 5) is 22.4. The van der Waals surface area contributed by atoms with Crippen molar-refractivity contribution in [1.29, 1.82) is 0 Å². The number of amides is 2. The molecule has 1 atom stereocenters. The van der Waals surface area contributed by atoms with Crippen LogP contribution in [0.1, 0.15) is 26.0 Å². The lowest BCUT2D eigenvalue weighted by Gasteiger charge is -2.12. The van der Waals surface area contributed by atoms with Crippen molar-refractivity contribution in [1.82, 2.24) is 15.1 Å². The van der Waals surface area contributed by atoms with Crippen molar-refractivity contribution < 1.29 is 14.7 Å². The van der Waals surface area contributed by atoms with Crippen molar-refractivity contribution in [2.24, 2.45) is 7.05 Å². The number of anilines is 1. The van der Waals surface area contributed by atoms with E-state index >= 15 is 0 Å². The summed E-state index contributed by atoms with van der Waals surface area (Å²) < 4.78 is 1.60. The first kappa shape index (κ1) is 14.0. The van der Waals surface area contributed by atoms with Crippen LogP contribution in [0.15, 0.2) is 6.20 Å². The van der Waals surface area contributed by atoms with Crippen molar-refractivity contribution in [3.05, 3.63) is 11.9 Å². The minimum absolute atomic E-state index is 0.330. The topological polar surface area (TPSA) is 96.3 Å². The van der Waals surface area contributed by atoms with E-state index < -0.39 is 18.0 Å². The summed E-state index contributed by atoms with van der Waals surface area (Å²) in [6.45, 7) is 3.62. The predicted molar refractivity (Wildman–Crippen MR) is 66.5 cm³/mol. The second-order valence-corrected chi connectivity index (χ2v) is 3.91. The number of rotatable bonds is 5. The predicted octanol–water partition coefficient (Wildman–Crippen LogP) is 0.967. The molecule has 0 saturated heterocycles. The number of hydrogen-bond acceptors (Lipinski definition) is 3. The van der Waals surface area contributed by atoms with Gasteiger partial charge in [0.25, 0.3) is 0 Å². The Morgan fingerprint density at radius 3 is 2.67 bits per heavy atom. The molecule has 0 aromatic carbocycles. The molecular weight excluding hydrogens is 236 g/mol. The highest BCUT2D eigenvalue weighted by atomic mass is 16.4. The van der Waals surface area contributed by atoms with Gasteiger partial charge in [0.15, 0.2) is 0 Å². The summed E-state index contributed by atoms with van der Waals surface area (Å²) >= 11 is 0. The molecule has 0 aliphatic rings. The first-order valence-electron chi connectivity index (χ1n) is 5.80. The minimum atomic E-state index is -1.05. The molecule has 0 aliphatic heterocycles. The number of urea groups is 1. The van der Waals surface area contributed by atoms with Crippen LogP contribution in [0.5, 0.6) is 0 Å². The number of nitrogens with one attached hydrogen (secondary N) is 2. The van der Waals surface area contributed by atoms with Crippen LogP contribution in [0, 0.1) is 0 Å². The number of carboxylic acids is 1. The summed E-state index contributed by atoms with van der Waals surface area (Å²) in [6.07, 6.45) is 2.70.